The Hall–Kier alpha value is -1.56. The van der Waals surface area contributed by atoms with E-state index in [2.05, 4.69) is 10.0 Å². The number of benzene rings is 1. The van der Waals surface area contributed by atoms with Gasteiger partial charge in [0, 0.05) is 6.04 Å². The molecule has 1 rings (SSSR count). The van der Waals surface area contributed by atoms with Crippen molar-refractivity contribution < 1.29 is 13.2 Å². The van der Waals surface area contributed by atoms with E-state index in [1.807, 2.05) is 13.8 Å². The summed E-state index contributed by atoms with van der Waals surface area (Å²) in [5.74, 6) is -0.233. The molecule has 20 heavy (non-hydrogen) atoms. The maximum atomic E-state index is 12.1. The van der Waals surface area contributed by atoms with Crippen LogP contribution in [0.5, 0.6) is 0 Å². The van der Waals surface area contributed by atoms with E-state index in [-0.39, 0.29) is 17.7 Å². The summed E-state index contributed by atoms with van der Waals surface area (Å²) in [6.07, 6.45) is 1.34. The van der Waals surface area contributed by atoms with Gasteiger partial charge in [-0.25, -0.2) is 8.42 Å². The van der Waals surface area contributed by atoms with Gasteiger partial charge >= 0.3 is 0 Å². The van der Waals surface area contributed by atoms with Crippen molar-refractivity contribution >= 4 is 21.6 Å². The molecule has 0 spiro atoms. The van der Waals surface area contributed by atoms with Gasteiger partial charge in [-0.3, -0.25) is 9.52 Å². The molecule has 2 N–H and O–H groups in total. The quantitative estimate of drug-likeness (QED) is 0.811. The lowest BCUT2D eigenvalue weighted by atomic mass is 10.1. The zero-order valence-electron chi connectivity index (χ0n) is 12.1. The van der Waals surface area contributed by atoms with Gasteiger partial charge in [-0.2, -0.15) is 0 Å². The van der Waals surface area contributed by atoms with Crippen LogP contribution in [-0.2, 0) is 10.0 Å². The van der Waals surface area contributed by atoms with Crippen molar-refractivity contribution in [3.8, 4) is 0 Å². The molecule has 5 nitrogen and oxygen atoms in total. The van der Waals surface area contributed by atoms with Gasteiger partial charge in [-0.05, 0) is 31.9 Å². The average molecular weight is 298 g/mol. The monoisotopic (exact) mass is 298 g/mol. The summed E-state index contributed by atoms with van der Waals surface area (Å²) < 4.78 is 26.1. The Bertz CT molecular complexity index is 555. The lowest BCUT2D eigenvalue weighted by molar-refractivity contribution is 0.0940. The van der Waals surface area contributed by atoms with Crippen LogP contribution in [0.3, 0.4) is 0 Å². The van der Waals surface area contributed by atoms with E-state index < -0.39 is 10.0 Å². The Morgan fingerprint density at radius 1 is 1.25 bits per heavy atom. The molecular weight excluding hydrogens is 276 g/mol. The van der Waals surface area contributed by atoms with Gasteiger partial charge in [0.05, 0.1) is 17.0 Å². The molecule has 112 valence electrons. The van der Waals surface area contributed by atoms with Gasteiger partial charge in [-0.15, -0.1) is 0 Å². The smallest absolute Gasteiger partial charge is 0.253 e. The molecule has 0 saturated carbocycles. The number of anilines is 1. The second kappa shape index (κ2) is 7.28. The Morgan fingerprint density at radius 3 is 2.50 bits per heavy atom. The Labute approximate surface area is 120 Å². The predicted octanol–water partition coefficient (Wildman–Crippen LogP) is 2.37. The van der Waals surface area contributed by atoms with Crippen LogP contribution in [0.4, 0.5) is 5.69 Å². The lowest BCUT2D eigenvalue weighted by Crippen LogP contribution is -2.32. The summed E-state index contributed by atoms with van der Waals surface area (Å²) in [6.45, 7) is 5.67. The van der Waals surface area contributed by atoms with E-state index in [9.17, 15) is 13.2 Å². The zero-order chi connectivity index (χ0) is 15.2. The van der Waals surface area contributed by atoms with Crippen molar-refractivity contribution in [1.82, 2.24) is 5.32 Å². The zero-order valence-corrected chi connectivity index (χ0v) is 13.0. The fraction of sp³-hybridized carbons (Fsp3) is 0.500. The summed E-state index contributed by atoms with van der Waals surface area (Å²) >= 11 is 0. The second-order valence-corrected chi connectivity index (χ2v) is 6.59. The summed E-state index contributed by atoms with van der Waals surface area (Å²) in [7, 11) is -3.40. The molecule has 1 aromatic rings. The van der Waals surface area contributed by atoms with E-state index in [1.54, 1.807) is 31.2 Å². The van der Waals surface area contributed by atoms with E-state index in [4.69, 9.17) is 0 Å². The minimum Gasteiger partial charge on any atom is -0.350 e. The van der Waals surface area contributed by atoms with E-state index in [0.29, 0.717) is 17.7 Å². The Balaban J connectivity index is 2.96. The number of nitrogens with one attached hydrogen (secondary N) is 2. The van der Waals surface area contributed by atoms with Gasteiger partial charge in [0.2, 0.25) is 10.0 Å². The highest BCUT2D eigenvalue weighted by Crippen LogP contribution is 2.17. The molecular formula is C14H22N2O3S. The number of amides is 1. The first-order valence-electron chi connectivity index (χ1n) is 6.80. The van der Waals surface area contributed by atoms with Gasteiger partial charge < -0.3 is 5.32 Å². The predicted molar refractivity (Wildman–Crippen MR) is 81.4 cm³/mol. The molecule has 0 aliphatic rings. The number of hydrogen-bond donors (Lipinski definition) is 2. The standard InChI is InChI=1S/C14H22N2O3S/c1-4-10-20(18,19)16-13-9-7-6-8-12(13)14(17)15-11(3)5-2/h6-9,11,16H,4-5,10H2,1-3H3,(H,15,17). The van der Waals surface area contributed by atoms with Crippen LogP contribution in [0.1, 0.15) is 44.0 Å². The first-order valence-corrected chi connectivity index (χ1v) is 8.45. The maximum absolute atomic E-state index is 12.1. The SMILES string of the molecule is CCCS(=O)(=O)Nc1ccccc1C(=O)NC(C)CC. The van der Waals surface area contributed by atoms with Crippen molar-refractivity contribution in [3.05, 3.63) is 29.8 Å². The molecule has 1 unspecified atom stereocenters. The third kappa shape index (κ3) is 4.85. The fourth-order valence-electron chi connectivity index (χ4n) is 1.66. The molecule has 0 bridgehead atoms. The van der Waals surface area contributed by atoms with E-state index in [0.717, 1.165) is 6.42 Å². The highest BCUT2D eigenvalue weighted by molar-refractivity contribution is 7.92. The molecule has 0 aromatic heterocycles. The van der Waals surface area contributed by atoms with Crippen molar-refractivity contribution in [2.24, 2.45) is 0 Å². The maximum Gasteiger partial charge on any atom is 0.253 e. The third-order valence-corrected chi connectivity index (χ3v) is 4.38. The summed E-state index contributed by atoms with van der Waals surface area (Å²) in [5, 5.41) is 2.83. The molecule has 1 amide bonds. The van der Waals surface area contributed by atoms with Crippen LogP contribution < -0.4 is 10.0 Å². The van der Waals surface area contributed by atoms with Crippen LogP contribution in [-0.4, -0.2) is 26.1 Å². The van der Waals surface area contributed by atoms with E-state index >= 15 is 0 Å². The topological polar surface area (TPSA) is 75.3 Å². The van der Waals surface area contributed by atoms with E-state index in [1.165, 1.54) is 0 Å². The first-order chi connectivity index (χ1) is 9.39. The third-order valence-electron chi connectivity index (χ3n) is 2.90. The minimum atomic E-state index is -3.40. The molecule has 1 atom stereocenters. The molecule has 0 saturated heterocycles. The summed E-state index contributed by atoms with van der Waals surface area (Å²) in [4.78, 5) is 12.1. The fourth-order valence-corrected chi connectivity index (χ4v) is 2.81. The molecule has 0 aliphatic carbocycles. The van der Waals surface area contributed by atoms with Crippen LogP contribution in [0, 0.1) is 0 Å². The van der Waals surface area contributed by atoms with Crippen molar-refractivity contribution in [3.63, 3.8) is 0 Å². The number of sulfonamides is 1. The summed E-state index contributed by atoms with van der Waals surface area (Å²) in [5.41, 5.74) is 0.661. The number of rotatable bonds is 7. The van der Waals surface area contributed by atoms with Gasteiger partial charge in [0.15, 0.2) is 0 Å². The lowest BCUT2D eigenvalue weighted by Gasteiger charge is -2.15. The van der Waals surface area contributed by atoms with Crippen molar-refractivity contribution in [2.75, 3.05) is 10.5 Å². The number of carbonyl (C=O) groups excluding carboxylic acids is 1. The number of carbonyl (C=O) groups is 1. The minimum absolute atomic E-state index is 0.0360. The molecule has 0 radical (unpaired) electrons. The van der Waals surface area contributed by atoms with Crippen LogP contribution >= 0.6 is 0 Å². The largest absolute Gasteiger partial charge is 0.350 e. The molecule has 0 fully saturated rings. The van der Waals surface area contributed by atoms with Gasteiger partial charge in [0.1, 0.15) is 0 Å². The normalized spacial score (nSPS) is 12.8. The first kappa shape index (κ1) is 16.5. The summed E-state index contributed by atoms with van der Waals surface area (Å²) in [6, 6.07) is 6.66. The molecule has 0 heterocycles. The number of hydrogen-bond acceptors (Lipinski definition) is 3. The van der Waals surface area contributed by atoms with Crippen LogP contribution in [0.2, 0.25) is 0 Å². The molecule has 0 aliphatic heterocycles. The Kier molecular flexibility index (Phi) is 6.01. The van der Waals surface area contributed by atoms with Crippen molar-refractivity contribution in [2.45, 2.75) is 39.7 Å². The van der Waals surface area contributed by atoms with Crippen LogP contribution in [0.15, 0.2) is 24.3 Å². The van der Waals surface area contributed by atoms with Gasteiger partial charge in [0.25, 0.3) is 5.91 Å². The second-order valence-electron chi connectivity index (χ2n) is 4.75. The average Bonchev–Trinajstić information content (AvgIpc) is 2.38. The molecule has 1 aromatic carbocycles. The number of para-hydroxylation sites is 1. The molecule has 6 heteroatoms. The Morgan fingerprint density at radius 2 is 1.90 bits per heavy atom. The van der Waals surface area contributed by atoms with Gasteiger partial charge in [-0.1, -0.05) is 26.0 Å². The van der Waals surface area contributed by atoms with Crippen molar-refractivity contribution in [1.29, 1.82) is 0 Å². The highest BCUT2D eigenvalue weighted by atomic mass is 32.2. The van der Waals surface area contributed by atoms with Crippen LogP contribution in [0.25, 0.3) is 0 Å². The highest BCUT2D eigenvalue weighted by Gasteiger charge is 2.16.